The van der Waals surface area contributed by atoms with Crippen molar-refractivity contribution < 1.29 is 63.0 Å². The summed E-state index contributed by atoms with van der Waals surface area (Å²) in [5.41, 5.74) is 14.6. The highest BCUT2D eigenvalue weighted by Gasteiger charge is 2.40. The Labute approximate surface area is 569 Å². The molecule has 0 saturated carbocycles. The highest BCUT2D eigenvalue weighted by molar-refractivity contribution is 6.30. The maximum Gasteiger partial charge on any atom is 0.246 e. The molecule has 9 atom stereocenters. The van der Waals surface area contributed by atoms with E-state index >= 15 is 4.79 Å². The average molecular weight is 1360 g/mol. The quantitative estimate of drug-likeness (QED) is 0.0245. The van der Waals surface area contributed by atoms with Crippen LogP contribution in [0.5, 0.6) is 5.75 Å². The fraction of sp³-hybridized carbons (Fsp3) is 0.362. The van der Waals surface area contributed by atoms with Gasteiger partial charge in [0, 0.05) is 79.6 Å². The van der Waals surface area contributed by atoms with Crippen molar-refractivity contribution >= 4 is 98.3 Å². The van der Waals surface area contributed by atoms with Crippen molar-refractivity contribution in [2.45, 2.75) is 132 Å². The third-order valence-corrected chi connectivity index (χ3v) is 16.9. The van der Waals surface area contributed by atoms with Crippen LogP contribution in [0.4, 0.5) is 0 Å². The lowest BCUT2D eigenvalue weighted by molar-refractivity contribution is -0.142. The normalized spacial score (nSPS) is 15.2. The number of fused-ring (bicyclic) bond motifs is 2. The first-order valence-electron chi connectivity index (χ1n) is 32.2. The second-order valence-corrected chi connectivity index (χ2v) is 24.6. The third-order valence-electron chi connectivity index (χ3n) is 16.7. The van der Waals surface area contributed by atoms with E-state index in [1.165, 1.54) is 43.4 Å². The van der Waals surface area contributed by atoms with Gasteiger partial charge < -0.3 is 84.4 Å². The van der Waals surface area contributed by atoms with Crippen LogP contribution < -0.4 is 59.3 Å². The summed E-state index contributed by atoms with van der Waals surface area (Å²) < 4.78 is 0. The number of carbonyl (C=O) groups is 11. The standard InChI is InChI=1S/C69H82ClN15O13/c1-39(77-63(92)54(29-41-17-22-47(70)23-18-41)80-64(93)53(78-40(2)87)31-43-16-21-44-10-3-4-11-45(44)28-43)61(90)84-58(37-86)67(96)82-56(33-48-35-73-38-76-48)66(95)79-52(14-7-8-26-71)62(91)81-55(32-46-34-74-51-13-6-5-12-50(46)51)65(94)83-57(30-42-19-24-49(88)25-20-42)69(98)85-27-9-15-59(85)68(97)75-36-60(72)89/h3-6,10-13,16-25,28,34-35,38-39,52-59,74,86,88H,7-9,14-15,26-27,29-33,36-37,71H2,1-2H3,(H2,72,89)(H,73,76)(H,75,97)(H,77,92)(H,78,87)(H,79,95)(H,80,93)(H,81,91)(H,82,96)(H,83,94)(H,84,90)/t39-,52+,53+,54+,55-,56-,57-,58-,59-/m0/s1. The van der Waals surface area contributed by atoms with Crippen LogP contribution in [0.3, 0.4) is 0 Å². The van der Waals surface area contributed by atoms with Crippen LogP contribution in [0.2, 0.25) is 5.02 Å². The van der Waals surface area contributed by atoms with Crippen LogP contribution in [0.1, 0.15) is 73.9 Å². The summed E-state index contributed by atoms with van der Waals surface area (Å²) in [6.07, 6.45) is 5.09. The number of carbonyl (C=O) groups excluding carboxylic acids is 11. The molecule has 29 heteroatoms. The third kappa shape index (κ3) is 20.9. The predicted octanol–water partition coefficient (Wildman–Crippen LogP) is 0.549. The van der Waals surface area contributed by atoms with Gasteiger partial charge in [-0.15, -0.1) is 0 Å². The van der Waals surface area contributed by atoms with Crippen LogP contribution >= 0.6 is 11.6 Å². The van der Waals surface area contributed by atoms with E-state index in [1.807, 2.05) is 60.7 Å². The Balaban J connectivity index is 0.985. The molecule has 2 aromatic heterocycles. The number of phenolic OH excluding ortho intramolecular Hbond substituents is 1. The van der Waals surface area contributed by atoms with Gasteiger partial charge in [0.15, 0.2) is 0 Å². The number of rotatable bonds is 34. The zero-order valence-electron chi connectivity index (χ0n) is 54.1. The molecule has 0 unspecified atom stereocenters. The molecule has 5 aromatic carbocycles. The van der Waals surface area contributed by atoms with Gasteiger partial charge >= 0.3 is 0 Å². The van der Waals surface area contributed by atoms with Gasteiger partial charge in [-0.25, -0.2) is 4.98 Å². The van der Waals surface area contributed by atoms with Gasteiger partial charge in [-0.05, 0) is 109 Å². The second-order valence-electron chi connectivity index (χ2n) is 24.1. The Bertz CT molecular complexity index is 3960. The monoisotopic (exact) mass is 1360 g/mol. The lowest BCUT2D eigenvalue weighted by atomic mass is 10.00. The van der Waals surface area contributed by atoms with Crippen LogP contribution in [-0.4, -0.2) is 176 Å². The number of aliphatic hydroxyl groups excluding tert-OH is 1. The van der Waals surface area contributed by atoms with Crippen molar-refractivity contribution in [2.75, 3.05) is 26.2 Å². The molecular weight excluding hydrogens is 1280 g/mol. The Morgan fingerprint density at radius 3 is 1.82 bits per heavy atom. The first-order chi connectivity index (χ1) is 47.0. The molecule has 98 heavy (non-hydrogen) atoms. The van der Waals surface area contributed by atoms with E-state index in [4.69, 9.17) is 23.1 Å². The van der Waals surface area contributed by atoms with Gasteiger partial charge in [-0.2, -0.15) is 0 Å². The lowest BCUT2D eigenvalue weighted by Gasteiger charge is -2.30. The first-order valence-corrected chi connectivity index (χ1v) is 32.5. The summed E-state index contributed by atoms with van der Waals surface area (Å²) in [7, 11) is 0. The van der Waals surface area contributed by atoms with Gasteiger partial charge in [-0.1, -0.05) is 96.5 Å². The number of aliphatic hydroxyl groups is 1. The number of likely N-dealkylation sites (tertiary alicyclic amines) is 1. The number of aromatic amines is 2. The fourth-order valence-electron chi connectivity index (χ4n) is 11.5. The predicted molar refractivity (Wildman–Crippen MR) is 363 cm³/mol. The van der Waals surface area contributed by atoms with Gasteiger partial charge in [-0.3, -0.25) is 52.7 Å². The van der Waals surface area contributed by atoms with E-state index < -0.39 is 133 Å². The topological polar surface area (TPSA) is 436 Å². The molecule has 0 radical (unpaired) electrons. The number of hydrogen-bond acceptors (Lipinski definition) is 15. The smallest absolute Gasteiger partial charge is 0.246 e. The lowest BCUT2D eigenvalue weighted by Crippen LogP contribution is -2.61. The van der Waals surface area contributed by atoms with Crippen molar-refractivity contribution in [1.82, 2.24) is 67.7 Å². The number of halogens is 1. The minimum atomic E-state index is -1.75. The van der Waals surface area contributed by atoms with Gasteiger partial charge in [0.1, 0.15) is 60.1 Å². The van der Waals surface area contributed by atoms with Gasteiger partial charge in [0.2, 0.25) is 65.0 Å². The summed E-state index contributed by atoms with van der Waals surface area (Å²) in [6, 6.07) is 20.4. The van der Waals surface area contributed by atoms with Crippen LogP contribution in [0, 0.1) is 0 Å². The van der Waals surface area contributed by atoms with Crippen LogP contribution in [-0.2, 0) is 84.8 Å². The number of H-pyrrole nitrogens is 2. The average Bonchev–Trinajstić information content (AvgIpc) is 1.55. The molecule has 1 saturated heterocycles. The second kappa shape index (κ2) is 35.3. The highest BCUT2D eigenvalue weighted by Crippen LogP contribution is 2.24. The van der Waals surface area contributed by atoms with Gasteiger partial charge in [0.05, 0.1) is 19.5 Å². The van der Waals surface area contributed by atoms with E-state index in [2.05, 4.69) is 62.8 Å². The van der Waals surface area contributed by atoms with Crippen molar-refractivity contribution in [3.63, 3.8) is 0 Å². The molecule has 0 bridgehead atoms. The molecule has 0 aliphatic carbocycles. The summed E-state index contributed by atoms with van der Waals surface area (Å²) >= 11 is 6.17. The zero-order chi connectivity index (χ0) is 70.4. The van der Waals surface area contributed by atoms with E-state index in [-0.39, 0.29) is 70.2 Å². The molecule has 1 fully saturated rings. The van der Waals surface area contributed by atoms with E-state index in [0.29, 0.717) is 51.2 Å². The Morgan fingerprint density at radius 2 is 1.16 bits per heavy atom. The Morgan fingerprint density at radius 1 is 0.612 bits per heavy atom. The summed E-state index contributed by atoms with van der Waals surface area (Å²) in [5.74, 6) is -8.80. The molecule has 1 aliphatic heterocycles. The minimum absolute atomic E-state index is 0.0403. The first kappa shape index (κ1) is 73.1. The molecule has 1 aliphatic rings. The largest absolute Gasteiger partial charge is 0.508 e. The molecule has 28 nitrogen and oxygen atoms in total. The van der Waals surface area contributed by atoms with Crippen molar-refractivity contribution in [2.24, 2.45) is 11.5 Å². The summed E-state index contributed by atoms with van der Waals surface area (Å²) in [4.78, 5) is 165. The molecule has 8 rings (SSSR count). The highest BCUT2D eigenvalue weighted by atomic mass is 35.5. The van der Waals surface area contributed by atoms with E-state index in [9.17, 15) is 58.2 Å². The van der Waals surface area contributed by atoms with Crippen LogP contribution in [0.25, 0.3) is 21.7 Å². The Hall–Kier alpha value is -10.7. The summed E-state index contributed by atoms with van der Waals surface area (Å²) in [6.45, 7) is 1.41. The molecule has 11 amide bonds. The number of hydrogen-bond donors (Lipinski definition) is 15. The van der Waals surface area contributed by atoms with E-state index in [1.54, 1.807) is 48.7 Å². The number of primary amides is 1. The number of phenols is 1. The fourth-order valence-corrected chi connectivity index (χ4v) is 11.7. The number of aromatic hydroxyl groups is 1. The molecular formula is C69H82ClN15O13. The number of nitrogens with one attached hydrogen (secondary N) is 11. The summed E-state index contributed by atoms with van der Waals surface area (Å²) in [5, 5.41) is 47.5. The number of nitrogens with two attached hydrogens (primary N) is 2. The number of benzene rings is 5. The van der Waals surface area contributed by atoms with E-state index in [0.717, 1.165) is 16.3 Å². The Kier molecular flexibility index (Phi) is 26.4. The minimum Gasteiger partial charge on any atom is -0.508 e. The van der Waals surface area contributed by atoms with Crippen LogP contribution in [0.15, 0.2) is 134 Å². The maximum atomic E-state index is 15.0. The number of para-hydroxylation sites is 1. The number of nitrogens with zero attached hydrogens (tertiary/aromatic N) is 2. The van der Waals surface area contributed by atoms with Crippen molar-refractivity contribution in [1.29, 1.82) is 0 Å². The molecule has 0 spiro atoms. The molecule has 518 valence electrons. The SMILES string of the molecule is CC(=O)N[C@H](Cc1ccc2ccccc2c1)C(=O)N[C@H](Cc1ccc(Cl)cc1)C(=O)N[C@@H](C)C(=O)N[C@@H](CO)C(=O)N[C@@H](Cc1cnc[nH]1)C(=O)N[C@H](CCCCN)C(=O)N[C@@H](Cc1c[nH]c2ccccc12)C(=O)N[C@@H](Cc1ccc(O)cc1)C(=O)N1CCC[C@H]1C(=O)NCC(N)=O. The van der Waals surface area contributed by atoms with Crippen molar-refractivity contribution in [3.05, 3.63) is 167 Å². The van der Waals surface area contributed by atoms with Gasteiger partial charge in [0.25, 0.3) is 0 Å². The zero-order valence-corrected chi connectivity index (χ0v) is 54.9. The molecule has 3 heterocycles. The number of amides is 11. The number of imidazole rings is 1. The number of unbranched alkanes of at least 4 members (excludes halogenated alkanes) is 1. The molecule has 7 aromatic rings. The number of aromatic nitrogens is 3. The molecule has 17 N–H and O–H groups in total. The maximum absolute atomic E-state index is 15.0. The van der Waals surface area contributed by atoms with Crippen molar-refractivity contribution in [3.8, 4) is 5.75 Å².